The van der Waals surface area contributed by atoms with Crippen LogP contribution in [0.1, 0.15) is 24.2 Å². The highest BCUT2D eigenvalue weighted by molar-refractivity contribution is 5.93. The fourth-order valence-corrected chi connectivity index (χ4v) is 4.29. The van der Waals surface area contributed by atoms with Gasteiger partial charge < -0.3 is 10.1 Å². The zero-order valence-corrected chi connectivity index (χ0v) is 12.6. The Bertz CT molecular complexity index is 533. The molecule has 21 heavy (non-hydrogen) atoms. The van der Waals surface area contributed by atoms with E-state index in [9.17, 15) is 4.79 Å². The second-order valence-electron chi connectivity index (χ2n) is 6.67. The number of amides is 1. The molecule has 3 fully saturated rings. The molecular weight excluding hydrogens is 268 g/mol. The number of nitrogens with zero attached hydrogens (tertiary/aromatic N) is 2. The lowest BCUT2D eigenvalue weighted by atomic mass is 9.82. The Morgan fingerprint density at radius 2 is 2.00 bits per heavy atom. The second kappa shape index (κ2) is 4.81. The van der Waals surface area contributed by atoms with Crippen LogP contribution in [-0.2, 0) is 9.53 Å². The summed E-state index contributed by atoms with van der Waals surface area (Å²) in [6.07, 6.45) is 3.32. The van der Waals surface area contributed by atoms with Crippen LogP contribution in [0, 0.1) is 25.7 Å². The number of H-pyrrole nitrogens is 1. The van der Waals surface area contributed by atoms with Crippen molar-refractivity contribution >= 4 is 11.6 Å². The molecule has 3 saturated heterocycles. The minimum absolute atomic E-state index is 0.0517. The number of anilines is 1. The number of nitrogens with one attached hydrogen (secondary N) is 2. The molecule has 0 aliphatic carbocycles. The molecular formula is C15H22N4O2. The van der Waals surface area contributed by atoms with E-state index in [-0.39, 0.29) is 5.91 Å². The van der Waals surface area contributed by atoms with Crippen molar-refractivity contribution in [1.29, 1.82) is 0 Å². The molecule has 0 saturated carbocycles. The van der Waals surface area contributed by atoms with Gasteiger partial charge in [0, 0.05) is 24.9 Å². The van der Waals surface area contributed by atoms with Crippen molar-refractivity contribution in [3.8, 4) is 0 Å². The first-order valence-corrected chi connectivity index (χ1v) is 7.81. The third kappa shape index (κ3) is 2.17. The van der Waals surface area contributed by atoms with Crippen molar-refractivity contribution in [2.45, 2.75) is 38.9 Å². The fraction of sp³-hybridized carbons (Fsp3) is 0.733. The molecule has 2 N–H and O–H groups in total. The standard InChI is InChI=1S/C15H22N4O2/c1-8-15(9(2)18-17-8)16-14(20)7-19-5-10-11(6-19)13-4-3-12(10)21-13/h10-13H,3-7H2,1-2H3,(H,16,20)(H,17,18)/t10-,11-,12+,13+/m0/s1. The number of hydrogen-bond donors (Lipinski definition) is 2. The minimum atomic E-state index is 0.0517. The van der Waals surface area contributed by atoms with E-state index in [0.717, 1.165) is 30.2 Å². The Kier molecular flexibility index (Phi) is 3.04. The van der Waals surface area contributed by atoms with E-state index < -0.39 is 0 Å². The first kappa shape index (κ1) is 13.3. The average Bonchev–Trinajstić information content (AvgIpc) is 3.16. The van der Waals surface area contributed by atoms with Crippen LogP contribution in [0.3, 0.4) is 0 Å². The Morgan fingerprint density at radius 1 is 1.33 bits per heavy atom. The lowest BCUT2D eigenvalue weighted by Crippen LogP contribution is -2.33. The zero-order valence-electron chi connectivity index (χ0n) is 12.6. The van der Waals surface area contributed by atoms with Crippen molar-refractivity contribution in [3.05, 3.63) is 11.4 Å². The third-order valence-corrected chi connectivity index (χ3v) is 5.29. The van der Waals surface area contributed by atoms with E-state index >= 15 is 0 Å². The molecule has 3 aliphatic rings. The van der Waals surface area contributed by atoms with E-state index in [2.05, 4.69) is 20.4 Å². The van der Waals surface area contributed by atoms with Gasteiger partial charge >= 0.3 is 0 Å². The van der Waals surface area contributed by atoms with Crippen molar-refractivity contribution in [2.24, 2.45) is 11.8 Å². The summed E-state index contributed by atoms with van der Waals surface area (Å²) in [5, 5.41) is 9.98. The van der Waals surface area contributed by atoms with Gasteiger partial charge in [-0.3, -0.25) is 14.8 Å². The molecule has 0 aromatic carbocycles. The monoisotopic (exact) mass is 290 g/mol. The number of likely N-dealkylation sites (tertiary alicyclic amines) is 1. The largest absolute Gasteiger partial charge is 0.374 e. The Labute approximate surface area is 124 Å². The number of carbonyl (C=O) groups excluding carboxylic acids is 1. The van der Waals surface area contributed by atoms with Gasteiger partial charge in [-0.1, -0.05) is 0 Å². The molecule has 4 atom stereocenters. The molecule has 6 heteroatoms. The normalized spacial score (nSPS) is 34.4. The molecule has 0 spiro atoms. The summed E-state index contributed by atoms with van der Waals surface area (Å²) in [6, 6.07) is 0. The highest BCUT2D eigenvalue weighted by Gasteiger charge is 2.52. The molecule has 0 radical (unpaired) electrons. The highest BCUT2D eigenvalue weighted by atomic mass is 16.5. The Hall–Kier alpha value is -1.40. The number of hydrogen-bond acceptors (Lipinski definition) is 4. The van der Waals surface area contributed by atoms with Crippen LogP contribution in [0.25, 0.3) is 0 Å². The maximum absolute atomic E-state index is 12.2. The maximum Gasteiger partial charge on any atom is 0.238 e. The lowest BCUT2D eigenvalue weighted by Gasteiger charge is -2.18. The summed E-state index contributed by atoms with van der Waals surface area (Å²) in [5.74, 6) is 1.35. The van der Waals surface area contributed by atoms with Gasteiger partial charge in [0.05, 0.1) is 35.8 Å². The topological polar surface area (TPSA) is 70.2 Å². The summed E-state index contributed by atoms with van der Waals surface area (Å²) < 4.78 is 5.97. The molecule has 4 rings (SSSR count). The number of aromatic nitrogens is 2. The first-order chi connectivity index (χ1) is 10.1. The van der Waals surface area contributed by atoms with Crippen LogP contribution in [0.5, 0.6) is 0 Å². The van der Waals surface area contributed by atoms with Gasteiger partial charge in [0.15, 0.2) is 0 Å². The molecule has 114 valence electrons. The summed E-state index contributed by atoms with van der Waals surface area (Å²) in [4.78, 5) is 14.5. The van der Waals surface area contributed by atoms with Gasteiger partial charge in [0.1, 0.15) is 0 Å². The molecule has 1 amide bonds. The van der Waals surface area contributed by atoms with Crippen molar-refractivity contribution in [1.82, 2.24) is 15.1 Å². The van der Waals surface area contributed by atoms with Gasteiger partial charge in [-0.25, -0.2) is 0 Å². The number of aromatic amines is 1. The quantitative estimate of drug-likeness (QED) is 0.874. The Morgan fingerprint density at radius 3 is 2.57 bits per heavy atom. The van der Waals surface area contributed by atoms with Gasteiger partial charge in [0.2, 0.25) is 5.91 Å². The number of ether oxygens (including phenoxy) is 1. The molecule has 1 aromatic rings. The smallest absolute Gasteiger partial charge is 0.238 e. The highest BCUT2D eigenvalue weighted by Crippen LogP contribution is 2.47. The summed E-state index contributed by atoms with van der Waals surface area (Å²) >= 11 is 0. The number of rotatable bonds is 3. The average molecular weight is 290 g/mol. The van der Waals surface area contributed by atoms with Crippen molar-refractivity contribution in [2.75, 3.05) is 25.0 Å². The SMILES string of the molecule is Cc1n[nH]c(C)c1NC(=O)CN1C[C@H]2[C@H](C1)[C@H]1CC[C@H]2O1. The first-order valence-electron chi connectivity index (χ1n) is 7.81. The van der Waals surface area contributed by atoms with E-state index in [1.165, 1.54) is 12.8 Å². The van der Waals surface area contributed by atoms with Crippen LogP contribution in [0.2, 0.25) is 0 Å². The molecule has 3 aliphatic heterocycles. The van der Waals surface area contributed by atoms with Crippen LogP contribution in [-0.4, -0.2) is 52.8 Å². The molecule has 2 bridgehead atoms. The van der Waals surface area contributed by atoms with E-state index in [1.54, 1.807) is 0 Å². The summed E-state index contributed by atoms with van der Waals surface area (Å²) in [6.45, 7) is 6.29. The van der Waals surface area contributed by atoms with Gasteiger partial charge in [-0.2, -0.15) is 5.10 Å². The number of carbonyl (C=O) groups is 1. The minimum Gasteiger partial charge on any atom is -0.374 e. The predicted octanol–water partition coefficient (Wildman–Crippen LogP) is 1.07. The molecule has 6 nitrogen and oxygen atoms in total. The summed E-state index contributed by atoms with van der Waals surface area (Å²) in [5.41, 5.74) is 2.57. The van der Waals surface area contributed by atoms with Crippen molar-refractivity contribution in [3.63, 3.8) is 0 Å². The van der Waals surface area contributed by atoms with Gasteiger partial charge in [0.25, 0.3) is 0 Å². The maximum atomic E-state index is 12.2. The van der Waals surface area contributed by atoms with E-state index in [4.69, 9.17) is 4.74 Å². The molecule has 4 heterocycles. The lowest BCUT2D eigenvalue weighted by molar-refractivity contribution is -0.117. The van der Waals surface area contributed by atoms with Crippen LogP contribution in [0.4, 0.5) is 5.69 Å². The Balaban J connectivity index is 1.36. The zero-order chi connectivity index (χ0) is 14.6. The van der Waals surface area contributed by atoms with Gasteiger partial charge in [-0.05, 0) is 26.7 Å². The number of fused-ring (bicyclic) bond motifs is 5. The predicted molar refractivity (Wildman–Crippen MR) is 78.0 cm³/mol. The third-order valence-electron chi connectivity index (χ3n) is 5.29. The van der Waals surface area contributed by atoms with Gasteiger partial charge in [-0.15, -0.1) is 0 Å². The second-order valence-corrected chi connectivity index (χ2v) is 6.67. The van der Waals surface area contributed by atoms with E-state index in [0.29, 0.717) is 30.6 Å². The fourth-order valence-electron chi connectivity index (χ4n) is 4.29. The molecule has 1 aromatic heterocycles. The summed E-state index contributed by atoms with van der Waals surface area (Å²) in [7, 11) is 0. The van der Waals surface area contributed by atoms with Crippen molar-refractivity contribution < 1.29 is 9.53 Å². The van der Waals surface area contributed by atoms with Crippen LogP contribution >= 0.6 is 0 Å². The molecule has 0 unspecified atom stereocenters. The number of aryl methyl sites for hydroxylation is 2. The van der Waals surface area contributed by atoms with E-state index in [1.807, 2.05) is 13.8 Å². The van der Waals surface area contributed by atoms with Crippen LogP contribution < -0.4 is 5.32 Å². The van der Waals surface area contributed by atoms with Crippen LogP contribution in [0.15, 0.2) is 0 Å².